The number of nitrogens with zero attached hydrogens (tertiary/aromatic N) is 1. The molecule has 0 saturated heterocycles. The van der Waals surface area contributed by atoms with Gasteiger partial charge >= 0.3 is 0 Å². The van der Waals surface area contributed by atoms with E-state index in [9.17, 15) is 8.42 Å². The minimum absolute atomic E-state index is 0.212. The van der Waals surface area contributed by atoms with Crippen molar-refractivity contribution in [3.63, 3.8) is 0 Å². The molecular weight excluding hydrogens is 212 g/mol. The standard InChI is InChI=1S/C10H20N2O2S/c1-3-4-5-12(2)15(13,14)8-9-6-10(11)7-9/h3,9-10H,1,4-8,11H2,2H3/t9-,10+. The molecule has 4 nitrogen and oxygen atoms in total. The van der Waals surface area contributed by atoms with Crippen LogP contribution in [-0.4, -0.2) is 38.1 Å². The first-order valence-electron chi connectivity index (χ1n) is 5.26. The second-order valence-electron chi connectivity index (χ2n) is 4.27. The van der Waals surface area contributed by atoms with E-state index >= 15 is 0 Å². The van der Waals surface area contributed by atoms with E-state index in [1.165, 1.54) is 4.31 Å². The summed E-state index contributed by atoms with van der Waals surface area (Å²) in [6.45, 7) is 4.09. The molecule has 1 aliphatic carbocycles. The molecule has 0 unspecified atom stereocenters. The van der Waals surface area contributed by atoms with Gasteiger partial charge < -0.3 is 5.73 Å². The summed E-state index contributed by atoms with van der Waals surface area (Å²) in [6, 6.07) is 0.212. The maximum atomic E-state index is 11.8. The Kier molecular flexibility index (Phi) is 4.31. The van der Waals surface area contributed by atoms with Crippen LogP contribution >= 0.6 is 0 Å². The highest BCUT2D eigenvalue weighted by atomic mass is 32.2. The first-order valence-corrected chi connectivity index (χ1v) is 6.87. The van der Waals surface area contributed by atoms with Crippen molar-refractivity contribution in [1.82, 2.24) is 4.31 Å². The van der Waals surface area contributed by atoms with Gasteiger partial charge in [-0.2, -0.15) is 0 Å². The Bertz CT molecular complexity index is 307. The summed E-state index contributed by atoms with van der Waals surface area (Å²) >= 11 is 0. The van der Waals surface area contributed by atoms with E-state index in [-0.39, 0.29) is 17.7 Å². The summed E-state index contributed by atoms with van der Waals surface area (Å²) in [5.41, 5.74) is 5.62. The fourth-order valence-electron chi connectivity index (χ4n) is 1.76. The van der Waals surface area contributed by atoms with Crippen LogP contribution in [0.1, 0.15) is 19.3 Å². The van der Waals surface area contributed by atoms with Gasteiger partial charge in [0.1, 0.15) is 0 Å². The molecule has 1 aliphatic rings. The Hall–Kier alpha value is -0.390. The van der Waals surface area contributed by atoms with Crippen LogP contribution in [0.15, 0.2) is 12.7 Å². The number of sulfonamides is 1. The number of hydrogen-bond acceptors (Lipinski definition) is 3. The van der Waals surface area contributed by atoms with Crippen LogP contribution < -0.4 is 5.73 Å². The van der Waals surface area contributed by atoms with Crippen molar-refractivity contribution in [2.75, 3.05) is 19.3 Å². The van der Waals surface area contributed by atoms with Gasteiger partial charge in [-0.1, -0.05) is 6.08 Å². The van der Waals surface area contributed by atoms with Gasteiger partial charge in [0.15, 0.2) is 0 Å². The van der Waals surface area contributed by atoms with Gasteiger partial charge in [-0.25, -0.2) is 12.7 Å². The summed E-state index contributed by atoms with van der Waals surface area (Å²) in [5, 5.41) is 0. The van der Waals surface area contributed by atoms with Crippen LogP contribution in [0.2, 0.25) is 0 Å². The highest BCUT2D eigenvalue weighted by Gasteiger charge is 2.31. The van der Waals surface area contributed by atoms with Crippen LogP contribution in [0, 0.1) is 5.92 Å². The van der Waals surface area contributed by atoms with Gasteiger partial charge in [0.25, 0.3) is 0 Å². The summed E-state index contributed by atoms with van der Waals surface area (Å²) in [6.07, 6.45) is 4.11. The summed E-state index contributed by atoms with van der Waals surface area (Å²) < 4.78 is 25.0. The first-order chi connectivity index (χ1) is 6.95. The molecule has 0 spiro atoms. The maximum absolute atomic E-state index is 11.8. The zero-order chi connectivity index (χ0) is 11.5. The molecule has 0 aromatic carbocycles. The zero-order valence-electron chi connectivity index (χ0n) is 9.22. The fourth-order valence-corrected chi connectivity index (χ4v) is 3.27. The molecule has 0 aromatic heterocycles. The van der Waals surface area contributed by atoms with Crippen molar-refractivity contribution < 1.29 is 8.42 Å². The van der Waals surface area contributed by atoms with E-state index in [1.807, 2.05) is 0 Å². The zero-order valence-corrected chi connectivity index (χ0v) is 10.0. The van der Waals surface area contributed by atoms with Crippen molar-refractivity contribution in [2.24, 2.45) is 11.7 Å². The second kappa shape index (κ2) is 5.09. The summed E-state index contributed by atoms with van der Waals surface area (Å²) in [7, 11) is -1.46. The van der Waals surface area contributed by atoms with Crippen LogP contribution in [0.25, 0.3) is 0 Å². The third-order valence-corrected chi connectivity index (χ3v) is 4.87. The fraction of sp³-hybridized carbons (Fsp3) is 0.800. The van der Waals surface area contributed by atoms with Gasteiger partial charge in [-0.05, 0) is 25.2 Å². The van der Waals surface area contributed by atoms with E-state index in [1.54, 1.807) is 13.1 Å². The first kappa shape index (κ1) is 12.7. The number of nitrogens with two attached hydrogens (primary N) is 1. The molecule has 0 bridgehead atoms. The van der Waals surface area contributed by atoms with E-state index in [4.69, 9.17) is 5.73 Å². The third-order valence-electron chi connectivity index (χ3n) is 2.84. The molecule has 5 heteroatoms. The van der Waals surface area contributed by atoms with Crippen molar-refractivity contribution in [3.8, 4) is 0 Å². The maximum Gasteiger partial charge on any atom is 0.214 e. The smallest absolute Gasteiger partial charge is 0.214 e. The van der Waals surface area contributed by atoms with Gasteiger partial charge in [-0.15, -0.1) is 6.58 Å². The minimum Gasteiger partial charge on any atom is -0.328 e. The van der Waals surface area contributed by atoms with E-state index in [0.717, 1.165) is 12.8 Å². The monoisotopic (exact) mass is 232 g/mol. The molecule has 1 fully saturated rings. The van der Waals surface area contributed by atoms with E-state index in [0.29, 0.717) is 13.0 Å². The Morgan fingerprint density at radius 2 is 2.13 bits per heavy atom. The van der Waals surface area contributed by atoms with Crippen molar-refractivity contribution >= 4 is 10.0 Å². The minimum atomic E-state index is -3.09. The normalized spacial score (nSPS) is 26.3. The lowest BCUT2D eigenvalue weighted by Crippen LogP contribution is -2.42. The van der Waals surface area contributed by atoms with Crippen molar-refractivity contribution in [1.29, 1.82) is 0 Å². The molecule has 0 atom stereocenters. The van der Waals surface area contributed by atoms with Gasteiger partial charge in [0.2, 0.25) is 10.0 Å². The molecule has 2 N–H and O–H groups in total. The Morgan fingerprint density at radius 3 is 2.60 bits per heavy atom. The van der Waals surface area contributed by atoms with E-state index < -0.39 is 10.0 Å². The van der Waals surface area contributed by atoms with Crippen LogP contribution in [0.4, 0.5) is 0 Å². The van der Waals surface area contributed by atoms with E-state index in [2.05, 4.69) is 6.58 Å². The average Bonchev–Trinajstić information content (AvgIpc) is 2.11. The molecule has 0 aromatic rings. The third kappa shape index (κ3) is 3.59. The Balaban J connectivity index is 2.40. The molecule has 0 heterocycles. The Morgan fingerprint density at radius 1 is 1.53 bits per heavy atom. The molecule has 88 valence electrons. The average molecular weight is 232 g/mol. The van der Waals surface area contributed by atoms with Gasteiger partial charge in [-0.3, -0.25) is 0 Å². The molecule has 1 rings (SSSR count). The van der Waals surface area contributed by atoms with Crippen LogP contribution in [-0.2, 0) is 10.0 Å². The largest absolute Gasteiger partial charge is 0.328 e. The summed E-state index contributed by atoms with van der Waals surface area (Å²) in [5.74, 6) is 0.505. The lowest BCUT2D eigenvalue weighted by atomic mass is 9.82. The SMILES string of the molecule is C=CCCN(C)S(=O)(=O)C[C@H]1C[C@@H](N)C1. The summed E-state index contributed by atoms with van der Waals surface area (Å²) in [4.78, 5) is 0. The molecular formula is C10H20N2O2S. The number of hydrogen-bond donors (Lipinski definition) is 1. The van der Waals surface area contributed by atoms with Crippen LogP contribution in [0.3, 0.4) is 0 Å². The lowest BCUT2D eigenvalue weighted by molar-refractivity contribution is 0.288. The predicted octanol–water partition coefficient (Wildman–Crippen LogP) is 0.561. The van der Waals surface area contributed by atoms with Crippen molar-refractivity contribution in [2.45, 2.75) is 25.3 Å². The lowest BCUT2D eigenvalue weighted by Gasteiger charge is -2.33. The van der Waals surface area contributed by atoms with Crippen LogP contribution in [0.5, 0.6) is 0 Å². The number of rotatable bonds is 6. The highest BCUT2D eigenvalue weighted by molar-refractivity contribution is 7.89. The molecule has 0 radical (unpaired) electrons. The Labute approximate surface area is 92.2 Å². The highest BCUT2D eigenvalue weighted by Crippen LogP contribution is 2.27. The second-order valence-corrected chi connectivity index (χ2v) is 6.40. The predicted molar refractivity (Wildman–Crippen MR) is 61.9 cm³/mol. The topological polar surface area (TPSA) is 63.4 Å². The molecule has 0 amide bonds. The van der Waals surface area contributed by atoms with Gasteiger partial charge in [0.05, 0.1) is 5.75 Å². The molecule has 1 saturated carbocycles. The quantitative estimate of drug-likeness (QED) is 0.681. The molecule has 15 heavy (non-hydrogen) atoms. The molecule has 0 aliphatic heterocycles. The van der Waals surface area contributed by atoms with Gasteiger partial charge in [0, 0.05) is 19.6 Å². The van der Waals surface area contributed by atoms with Crippen molar-refractivity contribution in [3.05, 3.63) is 12.7 Å².